The summed E-state index contributed by atoms with van der Waals surface area (Å²) in [6.45, 7) is 0. The number of alkyl halides is 3. The number of hydrogen-bond acceptors (Lipinski definition) is 2. The van der Waals surface area contributed by atoms with Gasteiger partial charge in [-0.25, -0.2) is 0 Å². The Morgan fingerprint density at radius 3 is 2.68 bits per heavy atom. The first kappa shape index (κ1) is 16.2. The summed E-state index contributed by atoms with van der Waals surface area (Å²) in [5.41, 5.74) is -0.845. The van der Waals surface area contributed by atoms with Crippen LogP contribution in [0.3, 0.4) is 0 Å². The molecule has 0 aliphatic heterocycles. The Balaban J connectivity index is 2.74. The van der Waals surface area contributed by atoms with Gasteiger partial charge in [-0.05, 0) is 36.6 Å². The largest absolute Gasteiger partial charge is 0.416 e. The molecule has 1 aromatic rings. The van der Waals surface area contributed by atoms with Gasteiger partial charge in [-0.1, -0.05) is 11.6 Å². The minimum Gasteiger partial charge on any atom is -0.325 e. The number of thioether (sulfide) groups is 1. The summed E-state index contributed by atoms with van der Waals surface area (Å²) >= 11 is 7.37. The first-order chi connectivity index (χ1) is 8.84. The topological polar surface area (TPSA) is 29.1 Å². The third-order valence-electron chi connectivity index (χ3n) is 2.32. The van der Waals surface area contributed by atoms with E-state index < -0.39 is 11.7 Å². The third-order valence-corrected chi connectivity index (χ3v) is 3.35. The number of rotatable bonds is 5. The molecule has 19 heavy (non-hydrogen) atoms. The van der Waals surface area contributed by atoms with Gasteiger partial charge in [0.1, 0.15) is 0 Å². The average Bonchev–Trinajstić information content (AvgIpc) is 2.31. The molecule has 0 bridgehead atoms. The molecule has 0 saturated carbocycles. The molecule has 0 atom stereocenters. The van der Waals surface area contributed by atoms with Gasteiger partial charge in [-0.2, -0.15) is 24.9 Å². The summed E-state index contributed by atoms with van der Waals surface area (Å²) in [5, 5.41) is 2.49. The zero-order valence-electron chi connectivity index (χ0n) is 10.2. The number of nitrogens with one attached hydrogen (secondary N) is 1. The molecule has 0 aliphatic rings. The highest BCUT2D eigenvalue weighted by molar-refractivity contribution is 7.98. The number of carbonyl (C=O) groups excluding carboxylic acids is 1. The SMILES string of the molecule is CSCCCC(=O)Nc1cc(C(F)(F)F)ccc1Cl. The Kier molecular flexibility index (Phi) is 6.00. The van der Waals surface area contributed by atoms with Crippen LogP contribution in [0.5, 0.6) is 0 Å². The van der Waals surface area contributed by atoms with E-state index in [0.717, 1.165) is 24.0 Å². The first-order valence-electron chi connectivity index (χ1n) is 5.50. The summed E-state index contributed by atoms with van der Waals surface area (Å²) < 4.78 is 37.6. The second-order valence-electron chi connectivity index (χ2n) is 3.84. The van der Waals surface area contributed by atoms with E-state index in [0.29, 0.717) is 6.42 Å². The summed E-state index contributed by atoms with van der Waals surface area (Å²) in [5.74, 6) is 0.485. The van der Waals surface area contributed by atoms with Gasteiger partial charge in [0.25, 0.3) is 0 Å². The smallest absolute Gasteiger partial charge is 0.325 e. The Bertz CT molecular complexity index is 451. The van der Waals surface area contributed by atoms with Crippen molar-refractivity contribution in [2.24, 2.45) is 0 Å². The van der Waals surface area contributed by atoms with Crippen molar-refractivity contribution in [2.75, 3.05) is 17.3 Å². The lowest BCUT2D eigenvalue weighted by Gasteiger charge is -2.11. The summed E-state index contributed by atoms with van der Waals surface area (Å²) in [7, 11) is 0. The zero-order valence-corrected chi connectivity index (χ0v) is 11.8. The maximum atomic E-state index is 12.5. The van der Waals surface area contributed by atoms with Crippen molar-refractivity contribution in [1.82, 2.24) is 0 Å². The van der Waals surface area contributed by atoms with Gasteiger partial charge < -0.3 is 5.32 Å². The maximum absolute atomic E-state index is 12.5. The molecule has 1 aromatic carbocycles. The van der Waals surface area contributed by atoms with Gasteiger partial charge in [0, 0.05) is 6.42 Å². The van der Waals surface area contributed by atoms with Crippen LogP contribution in [-0.2, 0) is 11.0 Å². The molecule has 1 rings (SSSR count). The quantitative estimate of drug-likeness (QED) is 0.814. The average molecular weight is 312 g/mol. The van der Waals surface area contributed by atoms with Crippen LogP contribution in [0.1, 0.15) is 18.4 Å². The maximum Gasteiger partial charge on any atom is 0.416 e. The molecule has 1 amide bonds. The third kappa shape index (κ3) is 5.32. The second-order valence-corrected chi connectivity index (χ2v) is 5.23. The minimum atomic E-state index is -4.46. The lowest BCUT2D eigenvalue weighted by Crippen LogP contribution is -2.13. The Labute approximate surface area is 118 Å². The van der Waals surface area contributed by atoms with Crippen molar-refractivity contribution in [3.8, 4) is 0 Å². The molecule has 1 N–H and O–H groups in total. The standard InChI is InChI=1S/C12H13ClF3NOS/c1-19-6-2-3-11(18)17-10-7-8(12(14,15)16)4-5-9(10)13/h4-5,7H,2-3,6H2,1H3,(H,17,18). The van der Waals surface area contributed by atoms with Gasteiger partial charge in [0.15, 0.2) is 0 Å². The van der Waals surface area contributed by atoms with E-state index in [9.17, 15) is 18.0 Å². The molecule has 0 aliphatic carbocycles. The number of amides is 1. The monoisotopic (exact) mass is 311 g/mol. The number of carbonyl (C=O) groups is 1. The first-order valence-corrected chi connectivity index (χ1v) is 7.27. The highest BCUT2D eigenvalue weighted by Crippen LogP contribution is 2.33. The molecule has 0 radical (unpaired) electrons. The summed E-state index contributed by atoms with van der Waals surface area (Å²) in [4.78, 5) is 11.5. The highest BCUT2D eigenvalue weighted by atomic mass is 35.5. The van der Waals surface area contributed by atoms with Crippen molar-refractivity contribution >= 4 is 35.0 Å². The normalized spacial score (nSPS) is 11.4. The van der Waals surface area contributed by atoms with Crippen molar-refractivity contribution in [1.29, 1.82) is 0 Å². The molecule has 0 saturated heterocycles. The van der Waals surface area contributed by atoms with E-state index in [4.69, 9.17) is 11.6 Å². The number of hydrogen-bond donors (Lipinski definition) is 1. The fourth-order valence-corrected chi connectivity index (χ4v) is 1.98. The van der Waals surface area contributed by atoms with Crippen LogP contribution < -0.4 is 5.32 Å². The highest BCUT2D eigenvalue weighted by Gasteiger charge is 2.31. The molecular formula is C12H13ClF3NOS. The molecule has 0 heterocycles. The van der Waals surface area contributed by atoms with Gasteiger partial charge in [0.2, 0.25) is 5.91 Å². The van der Waals surface area contributed by atoms with Crippen LogP contribution in [0.2, 0.25) is 5.02 Å². The van der Waals surface area contributed by atoms with Gasteiger partial charge in [0.05, 0.1) is 16.3 Å². The van der Waals surface area contributed by atoms with E-state index in [1.165, 1.54) is 0 Å². The van der Waals surface area contributed by atoms with Crippen LogP contribution in [-0.4, -0.2) is 17.9 Å². The van der Waals surface area contributed by atoms with Crippen LogP contribution in [0.15, 0.2) is 18.2 Å². The molecule has 0 spiro atoms. The lowest BCUT2D eigenvalue weighted by atomic mass is 10.2. The van der Waals surface area contributed by atoms with Crippen LogP contribution in [0.4, 0.5) is 18.9 Å². The molecule has 7 heteroatoms. The van der Waals surface area contributed by atoms with E-state index in [1.54, 1.807) is 11.8 Å². The fourth-order valence-electron chi connectivity index (χ4n) is 1.39. The van der Waals surface area contributed by atoms with Gasteiger partial charge in [-0.15, -0.1) is 0 Å². The molecule has 0 fully saturated rings. The zero-order chi connectivity index (χ0) is 14.5. The van der Waals surface area contributed by atoms with Crippen LogP contribution >= 0.6 is 23.4 Å². The Morgan fingerprint density at radius 1 is 1.42 bits per heavy atom. The molecule has 0 unspecified atom stereocenters. The van der Waals surface area contributed by atoms with Crippen molar-refractivity contribution < 1.29 is 18.0 Å². The predicted octanol–water partition coefficient (Wildman–Crippen LogP) is 4.44. The van der Waals surface area contributed by atoms with Crippen molar-refractivity contribution in [2.45, 2.75) is 19.0 Å². The number of anilines is 1. The molecule has 0 aromatic heterocycles. The van der Waals surface area contributed by atoms with E-state index in [-0.39, 0.29) is 23.0 Å². The van der Waals surface area contributed by atoms with Crippen molar-refractivity contribution in [3.63, 3.8) is 0 Å². The molecule has 106 valence electrons. The van der Waals surface area contributed by atoms with Gasteiger partial charge >= 0.3 is 6.18 Å². The predicted molar refractivity (Wildman–Crippen MR) is 72.7 cm³/mol. The van der Waals surface area contributed by atoms with Crippen LogP contribution in [0, 0.1) is 0 Å². The van der Waals surface area contributed by atoms with Crippen molar-refractivity contribution in [3.05, 3.63) is 28.8 Å². The van der Waals surface area contributed by atoms with E-state index in [2.05, 4.69) is 5.32 Å². The Hall–Kier alpha value is -0.880. The van der Waals surface area contributed by atoms with Crippen LogP contribution in [0.25, 0.3) is 0 Å². The van der Waals surface area contributed by atoms with E-state index >= 15 is 0 Å². The second kappa shape index (κ2) is 7.05. The minimum absolute atomic E-state index is 0.00866. The Morgan fingerprint density at radius 2 is 2.11 bits per heavy atom. The van der Waals surface area contributed by atoms with E-state index in [1.807, 2.05) is 6.26 Å². The van der Waals surface area contributed by atoms with Gasteiger partial charge in [-0.3, -0.25) is 4.79 Å². The number of halogens is 4. The fraction of sp³-hybridized carbons (Fsp3) is 0.417. The summed E-state index contributed by atoms with van der Waals surface area (Å²) in [6.07, 6.45) is -1.61. The molecular weight excluding hydrogens is 299 g/mol. The number of benzene rings is 1. The molecule has 2 nitrogen and oxygen atoms in total. The summed E-state index contributed by atoms with van der Waals surface area (Å²) in [6, 6.07) is 2.85. The lowest BCUT2D eigenvalue weighted by molar-refractivity contribution is -0.137.